The molecule has 0 aliphatic carbocycles. The highest BCUT2D eigenvalue weighted by molar-refractivity contribution is 7.86. The maximum Gasteiger partial charge on any atom is 0.296 e. The van der Waals surface area contributed by atoms with Gasteiger partial charge in [-0.3, -0.25) is 9.11 Å². The number of hydrogen-bond acceptors (Lipinski definition) is 11. The summed E-state index contributed by atoms with van der Waals surface area (Å²) in [4.78, 5) is 2.45. The van der Waals surface area contributed by atoms with Crippen LogP contribution in [0.1, 0.15) is 0 Å². The third-order valence-electron chi connectivity index (χ3n) is 4.49. The van der Waals surface area contributed by atoms with Crippen LogP contribution in [0.3, 0.4) is 0 Å². The van der Waals surface area contributed by atoms with Crippen LogP contribution < -0.4 is 5.32 Å². The number of phenols is 2. The van der Waals surface area contributed by atoms with Crippen LogP contribution in [-0.2, 0) is 20.2 Å². The molecule has 12 nitrogen and oxygen atoms in total. The average Bonchev–Trinajstić information content (AvgIpc) is 3.25. The van der Waals surface area contributed by atoms with Crippen molar-refractivity contribution in [1.82, 2.24) is 4.98 Å². The Morgan fingerprint density at radius 2 is 1.62 bits per heavy atom. The summed E-state index contributed by atoms with van der Waals surface area (Å²) >= 11 is 1.40. The van der Waals surface area contributed by atoms with Gasteiger partial charge in [-0.15, -0.1) is 16.5 Å². The van der Waals surface area contributed by atoms with E-state index in [1.807, 2.05) is 0 Å². The predicted octanol–water partition coefficient (Wildman–Crippen LogP) is 4.36. The highest BCUT2D eigenvalue weighted by Crippen LogP contribution is 2.45. The van der Waals surface area contributed by atoms with Crippen molar-refractivity contribution in [1.29, 1.82) is 0 Å². The number of nitrogens with zero attached hydrogens (tertiary/aromatic N) is 3. The molecule has 176 valence electrons. The summed E-state index contributed by atoms with van der Waals surface area (Å²) in [6, 6.07) is 8.66. The number of thiazole rings is 1. The third kappa shape index (κ3) is 4.82. The normalized spacial score (nSPS) is 12.4. The lowest BCUT2D eigenvalue weighted by Crippen LogP contribution is -2.01. The monoisotopic (exact) mass is 522 g/mol. The summed E-state index contributed by atoms with van der Waals surface area (Å²) in [5, 5.41) is 33.3. The molecule has 0 spiro atoms. The van der Waals surface area contributed by atoms with Crippen molar-refractivity contribution >= 4 is 64.5 Å². The molecule has 15 heteroatoms. The molecule has 0 aliphatic rings. The first-order chi connectivity index (χ1) is 15.9. The van der Waals surface area contributed by atoms with E-state index >= 15 is 0 Å². The number of benzene rings is 3. The Bertz CT molecular complexity index is 1630. The van der Waals surface area contributed by atoms with Crippen molar-refractivity contribution in [3.63, 3.8) is 0 Å². The zero-order chi connectivity index (χ0) is 24.7. The first-order valence-electron chi connectivity index (χ1n) is 9.09. The number of fused-ring (bicyclic) bond motifs is 1. The molecule has 0 saturated heterocycles. The summed E-state index contributed by atoms with van der Waals surface area (Å²) in [5.41, 5.74) is 0.270. The van der Waals surface area contributed by atoms with Gasteiger partial charge >= 0.3 is 0 Å². The van der Waals surface area contributed by atoms with E-state index in [0.29, 0.717) is 16.9 Å². The van der Waals surface area contributed by atoms with Gasteiger partial charge < -0.3 is 15.5 Å². The molecule has 1 aromatic heterocycles. The Kier molecular flexibility index (Phi) is 5.96. The average molecular weight is 523 g/mol. The Balaban J connectivity index is 1.79. The molecule has 0 bridgehead atoms. The van der Waals surface area contributed by atoms with Crippen molar-refractivity contribution in [2.75, 3.05) is 5.32 Å². The molecule has 0 amide bonds. The van der Waals surface area contributed by atoms with E-state index in [-0.39, 0.29) is 16.5 Å². The van der Waals surface area contributed by atoms with Gasteiger partial charge in [0.2, 0.25) is 0 Å². The summed E-state index contributed by atoms with van der Waals surface area (Å²) in [6.45, 7) is 0. The lowest BCUT2D eigenvalue weighted by molar-refractivity contribution is 0.457. The Morgan fingerprint density at radius 1 is 0.912 bits per heavy atom. The second-order valence-corrected chi connectivity index (χ2v) is 10.5. The summed E-state index contributed by atoms with van der Waals surface area (Å²) in [6.07, 6.45) is 1.64. The van der Waals surface area contributed by atoms with E-state index in [0.717, 1.165) is 12.1 Å². The van der Waals surface area contributed by atoms with Gasteiger partial charge in [-0.1, -0.05) is 0 Å². The molecule has 4 aromatic rings. The van der Waals surface area contributed by atoms with Gasteiger partial charge in [-0.25, -0.2) is 4.98 Å². The minimum atomic E-state index is -4.97. The molecule has 0 aliphatic heterocycles. The maximum absolute atomic E-state index is 11.9. The van der Waals surface area contributed by atoms with Gasteiger partial charge in [0.05, 0.1) is 16.0 Å². The number of hydrogen-bond donors (Lipinski definition) is 5. The number of azo groups is 1. The van der Waals surface area contributed by atoms with Crippen LogP contribution in [0.25, 0.3) is 10.8 Å². The molecule has 3 aromatic carbocycles. The Morgan fingerprint density at radius 3 is 2.21 bits per heavy atom. The molecule has 0 radical (unpaired) electrons. The number of rotatable bonds is 6. The lowest BCUT2D eigenvalue weighted by Gasteiger charge is -2.11. The molecule has 0 atom stereocenters. The first-order valence-corrected chi connectivity index (χ1v) is 12.9. The molecule has 0 fully saturated rings. The third-order valence-corrected chi connectivity index (χ3v) is 6.88. The van der Waals surface area contributed by atoms with Gasteiger partial charge in [0.15, 0.2) is 10.9 Å². The fourth-order valence-electron chi connectivity index (χ4n) is 3.01. The number of aromatic hydroxyl groups is 2. The molecule has 4 rings (SSSR count). The van der Waals surface area contributed by atoms with Crippen molar-refractivity contribution in [3.05, 3.63) is 54.0 Å². The van der Waals surface area contributed by atoms with Crippen molar-refractivity contribution in [3.8, 4) is 11.5 Å². The van der Waals surface area contributed by atoms with Gasteiger partial charge in [0, 0.05) is 23.3 Å². The van der Waals surface area contributed by atoms with E-state index in [2.05, 4.69) is 20.5 Å². The van der Waals surface area contributed by atoms with Crippen LogP contribution in [0.15, 0.2) is 74.1 Å². The molecule has 0 saturated carbocycles. The van der Waals surface area contributed by atoms with Crippen molar-refractivity contribution in [2.45, 2.75) is 9.79 Å². The van der Waals surface area contributed by atoms with Gasteiger partial charge in [-0.05, 0) is 41.8 Å². The molecular formula is C19H14N4O8S3. The number of phenolic OH excluding ortho intramolecular Hbond substituents is 2. The predicted molar refractivity (Wildman–Crippen MR) is 123 cm³/mol. The molecule has 1 heterocycles. The molecule has 34 heavy (non-hydrogen) atoms. The van der Waals surface area contributed by atoms with Crippen LogP contribution in [0.2, 0.25) is 0 Å². The molecule has 0 unspecified atom stereocenters. The quantitative estimate of drug-likeness (QED) is 0.179. The van der Waals surface area contributed by atoms with Crippen molar-refractivity contribution < 1.29 is 36.2 Å². The van der Waals surface area contributed by atoms with Gasteiger partial charge in [0.25, 0.3) is 20.2 Å². The van der Waals surface area contributed by atoms with Crippen LogP contribution >= 0.6 is 11.3 Å². The fraction of sp³-hybridized carbons (Fsp3) is 0. The van der Waals surface area contributed by atoms with Gasteiger partial charge in [-0.2, -0.15) is 21.9 Å². The van der Waals surface area contributed by atoms with E-state index < -0.39 is 47.2 Å². The number of aromatic nitrogens is 1. The highest BCUT2D eigenvalue weighted by atomic mass is 32.2. The van der Waals surface area contributed by atoms with Gasteiger partial charge in [0.1, 0.15) is 16.3 Å². The molecular weight excluding hydrogens is 508 g/mol. The van der Waals surface area contributed by atoms with Crippen LogP contribution in [-0.4, -0.2) is 41.1 Å². The summed E-state index contributed by atoms with van der Waals surface area (Å²) < 4.78 is 65.5. The molecule has 5 N–H and O–H groups in total. The SMILES string of the molecule is O=S(=O)(O)c1cc(O)c2c(O)c(N=Nc3ccc(Nc4nccs4)cc3)c(S(=O)(=O)O)cc2c1. The minimum absolute atomic E-state index is 0.261. The Labute approximate surface area is 196 Å². The fourth-order valence-corrected chi connectivity index (χ4v) is 4.75. The Hall–Kier alpha value is -3.63. The lowest BCUT2D eigenvalue weighted by atomic mass is 10.1. The zero-order valence-electron chi connectivity index (χ0n) is 16.7. The van der Waals surface area contributed by atoms with Crippen LogP contribution in [0.4, 0.5) is 22.2 Å². The topological polar surface area (TPSA) is 199 Å². The van der Waals surface area contributed by atoms with E-state index in [1.165, 1.54) is 11.3 Å². The summed E-state index contributed by atoms with van der Waals surface area (Å²) in [5.74, 6) is -1.66. The van der Waals surface area contributed by atoms with Crippen LogP contribution in [0.5, 0.6) is 11.5 Å². The number of nitrogens with one attached hydrogen (secondary N) is 1. The second kappa shape index (κ2) is 8.62. The smallest absolute Gasteiger partial charge is 0.296 e. The number of anilines is 2. The standard InChI is InChI=1S/C19H14N4O8S3/c24-14-9-13(33(26,27)28)7-10-8-15(34(29,30)31)17(18(25)16(10)14)23-22-12-3-1-11(2-4-12)21-19-20-5-6-32-19/h1-9,24-25H,(H,20,21)(H,26,27,28)(H,29,30,31). The van der Waals surface area contributed by atoms with E-state index in [1.54, 1.807) is 35.8 Å². The largest absolute Gasteiger partial charge is 0.507 e. The van der Waals surface area contributed by atoms with E-state index in [4.69, 9.17) is 0 Å². The van der Waals surface area contributed by atoms with Crippen molar-refractivity contribution in [2.24, 2.45) is 10.2 Å². The minimum Gasteiger partial charge on any atom is -0.507 e. The summed E-state index contributed by atoms with van der Waals surface area (Å²) in [7, 11) is -9.73. The van der Waals surface area contributed by atoms with E-state index in [9.17, 15) is 36.2 Å². The second-order valence-electron chi connectivity index (χ2n) is 6.77. The zero-order valence-corrected chi connectivity index (χ0v) is 19.1. The maximum atomic E-state index is 11.9. The highest BCUT2D eigenvalue weighted by Gasteiger charge is 2.25. The first kappa shape index (κ1) is 23.5. The van der Waals surface area contributed by atoms with Crippen LogP contribution in [0, 0.1) is 0 Å².